The van der Waals surface area contributed by atoms with Crippen LogP contribution in [0.5, 0.6) is 0 Å². The van der Waals surface area contributed by atoms with E-state index in [1.54, 1.807) is 0 Å². The Hall–Kier alpha value is -2.63. The molecule has 0 fully saturated rings. The van der Waals surface area contributed by atoms with Crippen LogP contribution in [0.3, 0.4) is 0 Å². The van der Waals surface area contributed by atoms with Gasteiger partial charge in [-0.15, -0.1) is 0 Å². The molecule has 0 aliphatic heterocycles. The molecule has 1 atom stereocenters. The summed E-state index contributed by atoms with van der Waals surface area (Å²) in [6.07, 6.45) is 72.7. The van der Waals surface area contributed by atoms with Crippen molar-refractivity contribution < 1.29 is 28.6 Å². The van der Waals surface area contributed by atoms with Gasteiger partial charge in [0.1, 0.15) is 13.2 Å². The number of hydrogen-bond acceptors (Lipinski definition) is 6. The van der Waals surface area contributed by atoms with E-state index in [1.807, 2.05) is 0 Å². The second kappa shape index (κ2) is 58.9. The van der Waals surface area contributed by atoms with E-state index in [0.717, 1.165) is 103 Å². The minimum Gasteiger partial charge on any atom is -0.462 e. The van der Waals surface area contributed by atoms with Gasteiger partial charge >= 0.3 is 17.9 Å². The van der Waals surface area contributed by atoms with Crippen LogP contribution in [-0.4, -0.2) is 37.2 Å². The van der Waals surface area contributed by atoms with Crippen molar-refractivity contribution >= 4 is 17.9 Å². The fourth-order valence-electron chi connectivity index (χ4n) is 8.97. The Bertz CT molecular complexity index is 1220. The van der Waals surface area contributed by atoms with Crippen molar-refractivity contribution in [1.29, 1.82) is 0 Å². The molecule has 0 spiro atoms. The zero-order valence-corrected chi connectivity index (χ0v) is 46.8. The molecule has 0 rings (SSSR count). The van der Waals surface area contributed by atoms with Gasteiger partial charge in [0.05, 0.1) is 0 Å². The average Bonchev–Trinajstić information content (AvgIpc) is 3.36. The molecular weight excluding hydrogens is 865 g/mol. The highest BCUT2D eigenvalue weighted by Gasteiger charge is 2.19. The predicted molar refractivity (Wildman–Crippen MR) is 302 cm³/mol. The van der Waals surface area contributed by atoms with Crippen molar-refractivity contribution in [2.24, 2.45) is 0 Å². The molecule has 408 valence electrons. The number of ether oxygens (including phenoxy) is 3. The summed E-state index contributed by atoms with van der Waals surface area (Å²) in [5.41, 5.74) is 0. The summed E-state index contributed by atoms with van der Waals surface area (Å²) in [6, 6.07) is 0. The largest absolute Gasteiger partial charge is 0.462 e. The van der Waals surface area contributed by atoms with Crippen LogP contribution in [0.15, 0.2) is 48.6 Å². The lowest BCUT2D eigenvalue weighted by molar-refractivity contribution is -0.167. The highest BCUT2D eigenvalue weighted by atomic mass is 16.6. The van der Waals surface area contributed by atoms with E-state index in [1.165, 1.54) is 180 Å². The minimum atomic E-state index is -0.783. The van der Waals surface area contributed by atoms with Crippen molar-refractivity contribution in [1.82, 2.24) is 0 Å². The maximum absolute atomic E-state index is 12.8. The molecule has 0 radical (unpaired) electrons. The third-order valence-electron chi connectivity index (χ3n) is 13.6. The zero-order chi connectivity index (χ0) is 50.7. The van der Waals surface area contributed by atoms with Crippen LogP contribution in [0.1, 0.15) is 323 Å². The van der Waals surface area contributed by atoms with Gasteiger partial charge in [-0.3, -0.25) is 14.4 Å². The molecule has 0 heterocycles. The average molecular weight is 982 g/mol. The molecule has 0 aliphatic rings. The Morgan fingerprint density at radius 2 is 0.571 bits per heavy atom. The third-order valence-corrected chi connectivity index (χ3v) is 13.6. The van der Waals surface area contributed by atoms with Gasteiger partial charge in [0.15, 0.2) is 6.10 Å². The maximum Gasteiger partial charge on any atom is 0.306 e. The van der Waals surface area contributed by atoms with E-state index in [-0.39, 0.29) is 31.1 Å². The van der Waals surface area contributed by atoms with Crippen LogP contribution in [0.25, 0.3) is 0 Å². The van der Waals surface area contributed by atoms with Gasteiger partial charge in [-0.25, -0.2) is 0 Å². The van der Waals surface area contributed by atoms with Gasteiger partial charge in [-0.2, -0.15) is 0 Å². The Kier molecular flexibility index (Phi) is 56.7. The Balaban J connectivity index is 4.18. The lowest BCUT2D eigenvalue weighted by atomic mass is 10.0. The first-order valence-corrected chi connectivity index (χ1v) is 30.6. The topological polar surface area (TPSA) is 78.9 Å². The van der Waals surface area contributed by atoms with Gasteiger partial charge in [0.2, 0.25) is 0 Å². The summed E-state index contributed by atoms with van der Waals surface area (Å²) in [5.74, 6) is -0.892. The number of unbranched alkanes of at least 4 members (excludes halogenated alkanes) is 37. The van der Waals surface area contributed by atoms with Crippen molar-refractivity contribution in [3.63, 3.8) is 0 Å². The van der Waals surface area contributed by atoms with E-state index in [4.69, 9.17) is 14.2 Å². The number of carbonyl (C=O) groups is 3. The van der Waals surface area contributed by atoms with Crippen LogP contribution in [0.2, 0.25) is 0 Å². The fourth-order valence-corrected chi connectivity index (χ4v) is 8.97. The van der Waals surface area contributed by atoms with Gasteiger partial charge < -0.3 is 14.2 Å². The molecular formula is C64H116O6. The fraction of sp³-hybridized carbons (Fsp3) is 0.828. The zero-order valence-electron chi connectivity index (χ0n) is 46.8. The second-order valence-electron chi connectivity index (χ2n) is 20.6. The summed E-state index contributed by atoms with van der Waals surface area (Å²) >= 11 is 0. The Labute approximate surface area is 435 Å². The molecule has 70 heavy (non-hydrogen) atoms. The van der Waals surface area contributed by atoms with Crippen LogP contribution in [0.4, 0.5) is 0 Å². The van der Waals surface area contributed by atoms with Crippen molar-refractivity contribution in [2.45, 2.75) is 329 Å². The predicted octanol–water partition coefficient (Wildman–Crippen LogP) is 20.6. The molecule has 0 aliphatic carbocycles. The molecule has 0 saturated carbocycles. The number of allylic oxidation sites excluding steroid dienone is 8. The van der Waals surface area contributed by atoms with E-state index < -0.39 is 6.10 Å². The molecule has 0 N–H and O–H groups in total. The summed E-state index contributed by atoms with van der Waals surface area (Å²) in [7, 11) is 0. The van der Waals surface area contributed by atoms with Gasteiger partial charge in [0.25, 0.3) is 0 Å². The van der Waals surface area contributed by atoms with Crippen LogP contribution in [-0.2, 0) is 28.6 Å². The monoisotopic (exact) mass is 981 g/mol. The molecule has 6 heteroatoms. The normalized spacial score (nSPS) is 12.3. The first-order chi connectivity index (χ1) is 34.5. The maximum atomic E-state index is 12.8. The van der Waals surface area contributed by atoms with E-state index in [9.17, 15) is 14.4 Å². The third kappa shape index (κ3) is 56.3. The molecule has 0 aromatic rings. The molecule has 0 saturated heterocycles. The first kappa shape index (κ1) is 67.4. The second-order valence-corrected chi connectivity index (χ2v) is 20.6. The van der Waals surface area contributed by atoms with Gasteiger partial charge in [-0.05, 0) is 70.6 Å². The summed E-state index contributed by atoms with van der Waals surface area (Å²) in [5, 5.41) is 0. The molecule has 6 nitrogen and oxygen atoms in total. The number of carbonyl (C=O) groups excluding carboxylic acids is 3. The van der Waals surface area contributed by atoms with Gasteiger partial charge in [-0.1, -0.05) is 281 Å². The number of esters is 3. The van der Waals surface area contributed by atoms with E-state index in [0.29, 0.717) is 19.3 Å². The quantitative estimate of drug-likeness (QED) is 0.0261. The highest BCUT2D eigenvalue weighted by Crippen LogP contribution is 2.17. The number of hydrogen-bond donors (Lipinski definition) is 0. The first-order valence-electron chi connectivity index (χ1n) is 30.6. The lowest BCUT2D eigenvalue weighted by Crippen LogP contribution is -2.30. The van der Waals surface area contributed by atoms with Gasteiger partial charge in [0, 0.05) is 19.3 Å². The standard InChI is InChI=1S/C64H116O6/c1-4-7-10-13-16-19-22-24-26-27-28-29-30-31-32-33-34-35-36-38-39-42-45-48-51-54-57-63(66)69-60-61(59-68-62(65)56-53-50-47-44-41-21-18-15-12-9-6-3)70-64(67)58-55-52-49-46-43-40-37-25-23-20-17-14-11-8-5-2/h8,11,15,17-18,20,25,37,61H,4-7,9-10,12-14,16,19,21-24,26-36,38-60H2,1-3H3/b11-8-,18-15-,20-17-,37-25-. The lowest BCUT2D eigenvalue weighted by Gasteiger charge is -2.18. The van der Waals surface area contributed by atoms with Crippen molar-refractivity contribution in [3.05, 3.63) is 48.6 Å². The summed E-state index contributed by atoms with van der Waals surface area (Å²) in [4.78, 5) is 38.1. The summed E-state index contributed by atoms with van der Waals surface area (Å²) < 4.78 is 16.8. The molecule has 0 aromatic carbocycles. The smallest absolute Gasteiger partial charge is 0.306 e. The Morgan fingerprint density at radius 3 is 0.929 bits per heavy atom. The van der Waals surface area contributed by atoms with Crippen molar-refractivity contribution in [3.8, 4) is 0 Å². The van der Waals surface area contributed by atoms with Crippen LogP contribution >= 0.6 is 0 Å². The molecule has 0 bridgehead atoms. The molecule has 0 amide bonds. The van der Waals surface area contributed by atoms with Crippen LogP contribution in [0, 0.1) is 0 Å². The molecule has 0 aromatic heterocycles. The van der Waals surface area contributed by atoms with E-state index >= 15 is 0 Å². The minimum absolute atomic E-state index is 0.0799. The SMILES string of the molecule is CC/C=C\C/C=C\C/C=C\CCCCCCCC(=O)OC(COC(=O)CCCCCCC/C=C\CCCC)COC(=O)CCCCCCCCCCCCCCCCCCCCCCCCCCCC. The van der Waals surface area contributed by atoms with Crippen LogP contribution < -0.4 is 0 Å². The Morgan fingerprint density at radius 1 is 0.300 bits per heavy atom. The van der Waals surface area contributed by atoms with Crippen molar-refractivity contribution in [2.75, 3.05) is 13.2 Å². The molecule has 1 unspecified atom stereocenters. The summed E-state index contributed by atoms with van der Waals surface area (Å²) in [6.45, 7) is 6.51. The highest BCUT2D eigenvalue weighted by molar-refractivity contribution is 5.71. The van der Waals surface area contributed by atoms with E-state index in [2.05, 4.69) is 69.4 Å². The number of rotatable bonds is 56.